The molecule has 0 aromatic carbocycles. The molecule has 0 atom stereocenters. The topological polar surface area (TPSA) is 95.1 Å². The van der Waals surface area contributed by atoms with Crippen LogP contribution in [0, 0.1) is 0 Å². The molecular weight excluding hydrogens is 326 g/mol. The van der Waals surface area contributed by atoms with E-state index in [1.807, 2.05) is 13.8 Å². The van der Waals surface area contributed by atoms with Crippen LogP contribution in [0.4, 0.5) is 0 Å². The summed E-state index contributed by atoms with van der Waals surface area (Å²) in [6.45, 7) is 5.28. The average molecular weight is 356 g/mol. The molecule has 7 nitrogen and oxygen atoms in total. The maximum Gasteiger partial charge on any atom is 0.230 e. The summed E-state index contributed by atoms with van der Waals surface area (Å²) in [4.78, 5) is 11.9. The van der Waals surface area contributed by atoms with Crippen molar-refractivity contribution in [2.45, 2.75) is 69.6 Å². The molecule has 0 spiro atoms. The molecule has 0 radical (unpaired) electrons. The molecule has 2 rings (SSSR count). The normalized spacial score (nSPS) is 15.8. The number of carbonyl (C=O) groups excluding carboxylic acids is 1. The highest BCUT2D eigenvalue weighted by Gasteiger charge is 2.22. The maximum absolute atomic E-state index is 11.9. The summed E-state index contributed by atoms with van der Waals surface area (Å²) in [6, 6.07) is 0. The number of nitrogens with two attached hydrogens (primary N) is 1. The van der Waals surface area contributed by atoms with Crippen LogP contribution >= 0.6 is 11.8 Å². The van der Waals surface area contributed by atoms with Gasteiger partial charge in [-0.1, -0.05) is 31.0 Å². The molecule has 136 valence electrons. The average Bonchev–Trinajstić information content (AvgIpc) is 2.94. The lowest BCUT2D eigenvalue weighted by Crippen LogP contribution is -2.27. The number of nitrogen functional groups attached to an aromatic ring is 1. The van der Waals surface area contributed by atoms with E-state index < -0.39 is 0 Å². The van der Waals surface area contributed by atoms with E-state index in [1.165, 1.54) is 31.0 Å². The fraction of sp³-hybridized carbons (Fsp3) is 0.812. The van der Waals surface area contributed by atoms with E-state index in [0.717, 1.165) is 25.1 Å². The highest BCUT2D eigenvalue weighted by molar-refractivity contribution is 7.99. The molecule has 3 N–H and O–H groups in total. The van der Waals surface area contributed by atoms with Crippen molar-refractivity contribution in [2.75, 3.05) is 24.7 Å². The number of hydrogen-bond donors (Lipinski definition) is 2. The summed E-state index contributed by atoms with van der Waals surface area (Å²) in [5.74, 6) is 7.64. The SMILES string of the molecule is CC(C)OCCCNC(=O)CSc1nnc(C2CCCCC2)n1N. The molecule has 0 aliphatic heterocycles. The van der Waals surface area contributed by atoms with E-state index in [-0.39, 0.29) is 12.0 Å². The number of nitrogens with one attached hydrogen (secondary N) is 1. The van der Waals surface area contributed by atoms with E-state index >= 15 is 0 Å². The molecular formula is C16H29N5O2S. The van der Waals surface area contributed by atoms with Gasteiger partial charge in [0, 0.05) is 19.1 Å². The Morgan fingerprint density at radius 3 is 2.83 bits per heavy atom. The van der Waals surface area contributed by atoms with Crippen LogP contribution in [0.5, 0.6) is 0 Å². The fourth-order valence-corrected chi connectivity index (χ4v) is 3.52. The van der Waals surface area contributed by atoms with Crippen LogP contribution in [-0.2, 0) is 9.53 Å². The summed E-state index contributed by atoms with van der Waals surface area (Å²) in [6.07, 6.45) is 7.03. The Kier molecular flexibility index (Phi) is 7.84. The third kappa shape index (κ3) is 5.98. The van der Waals surface area contributed by atoms with Gasteiger partial charge < -0.3 is 15.9 Å². The second-order valence-corrected chi connectivity index (χ2v) is 7.40. The van der Waals surface area contributed by atoms with Crippen LogP contribution in [0.1, 0.15) is 64.1 Å². The predicted octanol–water partition coefficient (Wildman–Crippen LogP) is 2.06. The van der Waals surface area contributed by atoms with Gasteiger partial charge in [-0.05, 0) is 33.1 Å². The molecule has 0 bridgehead atoms. The predicted molar refractivity (Wildman–Crippen MR) is 95.4 cm³/mol. The van der Waals surface area contributed by atoms with Crippen molar-refractivity contribution < 1.29 is 9.53 Å². The van der Waals surface area contributed by atoms with Gasteiger partial charge in [0.15, 0.2) is 5.82 Å². The molecule has 8 heteroatoms. The van der Waals surface area contributed by atoms with Gasteiger partial charge >= 0.3 is 0 Å². The minimum Gasteiger partial charge on any atom is -0.379 e. The molecule has 1 fully saturated rings. The zero-order valence-electron chi connectivity index (χ0n) is 14.7. The molecule has 1 heterocycles. The summed E-state index contributed by atoms with van der Waals surface area (Å²) in [7, 11) is 0. The molecule has 1 aromatic rings. The molecule has 0 saturated heterocycles. The third-order valence-electron chi connectivity index (χ3n) is 4.09. The first-order valence-electron chi connectivity index (χ1n) is 8.79. The van der Waals surface area contributed by atoms with Gasteiger partial charge in [0.05, 0.1) is 11.9 Å². The van der Waals surface area contributed by atoms with E-state index in [1.54, 1.807) is 4.68 Å². The minimum atomic E-state index is -0.0215. The van der Waals surface area contributed by atoms with Crippen molar-refractivity contribution in [3.8, 4) is 0 Å². The van der Waals surface area contributed by atoms with Gasteiger partial charge in [-0.2, -0.15) is 0 Å². The fourth-order valence-electron chi connectivity index (χ4n) is 2.83. The summed E-state index contributed by atoms with van der Waals surface area (Å²) < 4.78 is 6.99. The molecule has 1 aliphatic rings. The Labute approximate surface area is 148 Å². The monoisotopic (exact) mass is 355 g/mol. The number of thioether (sulfide) groups is 1. The van der Waals surface area contributed by atoms with Gasteiger partial charge in [0.25, 0.3) is 0 Å². The largest absolute Gasteiger partial charge is 0.379 e. The second kappa shape index (κ2) is 9.88. The van der Waals surface area contributed by atoms with Crippen LogP contribution in [-0.4, -0.2) is 45.8 Å². The van der Waals surface area contributed by atoms with Gasteiger partial charge in [-0.25, -0.2) is 4.68 Å². The third-order valence-corrected chi connectivity index (χ3v) is 5.03. The first kappa shape index (κ1) is 19.1. The Balaban J connectivity index is 1.70. The Bertz CT molecular complexity index is 515. The van der Waals surface area contributed by atoms with Crippen molar-refractivity contribution in [2.24, 2.45) is 0 Å². The van der Waals surface area contributed by atoms with Crippen molar-refractivity contribution in [1.82, 2.24) is 20.2 Å². The Morgan fingerprint density at radius 1 is 1.38 bits per heavy atom. The van der Waals surface area contributed by atoms with Gasteiger partial charge in [-0.15, -0.1) is 10.2 Å². The lowest BCUT2D eigenvalue weighted by molar-refractivity contribution is -0.118. The highest BCUT2D eigenvalue weighted by atomic mass is 32.2. The molecule has 1 aromatic heterocycles. The molecule has 1 amide bonds. The van der Waals surface area contributed by atoms with Crippen LogP contribution < -0.4 is 11.2 Å². The molecule has 0 unspecified atom stereocenters. The minimum absolute atomic E-state index is 0.0215. The van der Waals surface area contributed by atoms with Gasteiger partial charge in [0.2, 0.25) is 11.1 Å². The van der Waals surface area contributed by atoms with Gasteiger partial charge in [-0.3, -0.25) is 4.79 Å². The number of carbonyl (C=O) groups is 1. The van der Waals surface area contributed by atoms with E-state index in [2.05, 4.69) is 15.5 Å². The summed E-state index contributed by atoms with van der Waals surface area (Å²) >= 11 is 1.33. The smallest absolute Gasteiger partial charge is 0.230 e. The summed E-state index contributed by atoms with van der Waals surface area (Å²) in [5.41, 5.74) is 0. The number of rotatable bonds is 9. The first-order valence-corrected chi connectivity index (χ1v) is 9.78. The maximum atomic E-state index is 11.9. The van der Waals surface area contributed by atoms with Gasteiger partial charge in [0.1, 0.15) is 0 Å². The van der Waals surface area contributed by atoms with Crippen LogP contribution in [0.25, 0.3) is 0 Å². The zero-order valence-corrected chi connectivity index (χ0v) is 15.5. The summed E-state index contributed by atoms with van der Waals surface area (Å²) in [5, 5.41) is 11.9. The van der Waals surface area contributed by atoms with Crippen molar-refractivity contribution >= 4 is 17.7 Å². The molecule has 1 aliphatic carbocycles. The molecule has 24 heavy (non-hydrogen) atoms. The van der Waals surface area contributed by atoms with Crippen LogP contribution in [0.3, 0.4) is 0 Å². The van der Waals surface area contributed by atoms with Crippen molar-refractivity contribution in [3.63, 3.8) is 0 Å². The number of hydrogen-bond acceptors (Lipinski definition) is 6. The lowest BCUT2D eigenvalue weighted by atomic mass is 9.89. The van der Waals surface area contributed by atoms with E-state index in [0.29, 0.717) is 30.0 Å². The lowest BCUT2D eigenvalue weighted by Gasteiger charge is -2.20. The number of nitrogens with zero attached hydrogens (tertiary/aromatic N) is 3. The quantitative estimate of drug-likeness (QED) is 0.400. The second-order valence-electron chi connectivity index (χ2n) is 6.46. The van der Waals surface area contributed by atoms with E-state index in [9.17, 15) is 4.79 Å². The van der Waals surface area contributed by atoms with Crippen molar-refractivity contribution in [3.05, 3.63) is 5.82 Å². The number of amides is 1. The highest BCUT2D eigenvalue weighted by Crippen LogP contribution is 2.32. The molecule has 1 saturated carbocycles. The Morgan fingerprint density at radius 2 is 2.12 bits per heavy atom. The standard InChI is InChI=1S/C16H29N5O2S/c1-12(2)23-10-6-9-18-14(22)11-24-16-20-19-15(21(16)17)13-7-4-3-5-8-13/h12-13H,3-11,17H2,1-2H3,(H,18,22). The van der Waals surface area contributed by atoms with E-state index in [4.69, 9.17) is 10.6 Å². The first-order chi connectivity index (χ1) is 11.6. The van der Waals surface area contributed by atoms with Crippen LogP contribution in [0.15, 0.2) is 5.16 Å². The number of aromatic nitrogens is 3. The zero-order chi connectivity index (χ0) is 17.4. The van der Waals surface area contributed by atoms with Crippen molar-refractivity contribution in [1.29, 1.82) is 0 Å². The van der Waals surface area contributed by atoms with Crippen LogP contribution in [0.2, 0.25) is 0 Å². The Hall–Kier alpha value is -1.28. The number of ether oxygens (including phenoxy) is 1.